The fourth-order valence-electron chi connectivity index (χ4n) is 4.76. The van der Waals surface area contributed by atoms with Gasteiger partial charge in [0.1, 0.15) is 0 Å². The van der Waals surface area contributed by atoms with Gasteiger partial charge in [-0.05, 0) is 24.3 Å². The second kappa shape index (κ2) is 6.47. The number of carboxylic acids is 1. The van der Waals surface area contributed by atoms with Crippen LogP contribution in [0.3, 0.4) is 0 Å². The van der Waals surface area contributed by atoms with E-state index in [4.69, 9.17) is 9.47 Å². The van der Waals surface area contributed by atoms with Crippen LogP contribution in [0.15, 0.2) is 30.3 Å². The smallest absolute Gasteiger partial charge is 0.307 e. The van der Waals surface area contributed by atoms with E-state index in [2.05, 4.69) is 17.0 Å². The summed E-state index contributed by atoms with van der Waals surface area (Å²) in [4.78, 5) is 14.0. The van der Waals surface area contributed by atoms with Crippen LogP contribution in [0.25, 0.3) is 0 Å². The number of likely N-dealkylation sites (tertiary alicyclic amines) is 1. The molecule has 1 spiro atoms. The summed E-state index contributed by atoms with van der Waals surface area (Å²) in [6.07, 6.45) is 3.49. The molecule has 130 valence electrons. The van der Waals surface area contributed by atoms with Crippen LogP contribution in [-0.4, -0.2) is 47.6 Å². The zero-order chi connectivity index (χ0) is 16.6. The molecule has 3 atom stereocenters. The van der Waals surface area contributed by atoms with Gasteiger partial charge in [0.15, 0.2) is 5.79 Å². The number of ether oxygens (including phenoxy) is 2. The van der Waals surface area contributed by atoms with Gasteiger partial charge in [0.25, 0.3) is 0 Å². The first-order valence-corrected chi connectivity index (χ1v) is 8.94. The minimum absolute atomic E-state index is 0.300. The molecule has 24 heavy (non-hydrogen) atoms. The van der Waals surface area contributed by atoms with Gasteiger partial charge in [-0.3, -0.25) is 9.69 Å². The van der Waals surface area contributed by atoms with Gasteiger partial charge in [-0.25, -0.2) is 0 Å². The van der Waals surface area contributed by atoms with Crippen molar-refractivity contribution in [3.05, 3.63) is 35.9 Å². The molecule has 4 rings (SSSR count). The van der Waals surface area contributed by atoms with Crippen molar-refractivity contribution in [1.82, 2.24) is 4.90 Å². The van der Waals surface area contributed by atoms with Crippen LogP contribution in [0.5, 0.6) is 0 Å². The molecule has 5 heteroatoms. The van der Waals surface area contributed by atoms with Crippen molar-refractivity contribution in [1.29, 1.82) is 0 Å². The lowest BCUT2D eigenvalue weighted by Crippen LogP contribution is -2.55. The highest BCUT2D eigenvalue weighted by molar-refractivity contribution is 5.70. The van der Waals surface area contributed by atoms with Crippen LogP contribution in [0.4, 0.5) is 0 Å². The fraction of sp³-hybridized carbons (Fsp3) is 0.632. The minimum atomic E-state index is -0.681. The van der Waals surface area contributed by atoms with Crippen LogP contribution in [-0.2, 0) is 20.8 Å². The molecule has 1 N–H and O–H groups in total. The number of fused-ring (bicyclic) bond motifs is 1. The summed E-state index contributed by atoms with van der Waals surface area (Å²) in [6, 6.07) is 10.8. The third-order valence-corrected chi connectivity index (χ3v) is 5.84. The maximum absolute atomic E-state index is 11.7. The Morgan fingerprint density at radius 1 is 1.25 bits per heavy atom. The molecule has 2 aliphatic heterocycles. The van der Waals surface area contributed by atoms with E-state index in [1.165, 1.54) is 5.56 Å². The Hall–Kier alpha value is -1.43. The van der Waals surface area contributed by atoms with Crippen molar-refractivity contribution in [2.75, 3.05) is 19.8 Å². The number of nitrogens with zero attached hydrogens (tertiary/aromatic N) is 1. The zero-order valence-electron chi connectivity index (χ0n) is 13.9. The second-order valence-electron chi connectivity index (χ2n) is 7.36. The lowest BCUT2D eigenvalue weighted by molar-refractivity contribution is -0.205. The predicted octanol–water partition coefficient (Wildman–Crippen LogP) is 2.50. The summed E-state index contributed by atoms with van der Waals surface area (Å²) in [5.74, 6) is -1.10. The number of carboxylic acid groups (broad SMARTS) is 1. The largest absolute Gasteiger partial charge is 0.481 e. The molecule has 1 aromatic carbocycles. The quantitative estimate of drug-likeness (QED) is 0.922. The minimum Gasteiger partial charge on any atom is -0.481 e. The number of benzene rings is 1. The average Bonchev–Trinajstić information content (AvgIpc) is 3.03. The molecule has 2 heterocycles. The molecule has 1 aromatic rings. The molecule has 0 bridgehead atoms. The Labute approximate surface area is 142 Å². The van der Waals surface area contributed by atoms with Crippen LogP contribution in [0.1, 0.15) is 31.2 Å². The van der Waals surface area contributed by atoms with Crippen LogP contribution in [0, 0.1) is 11.8 Å². The number of carbonyl (C=O) groups is 1. The van der Waals surface area contributed by atoms with Gasteiger partial charge in [0.05, 0.1) is 19.1 Å². The van der Waals surface area contributed by atoms with Gasteiger partial charge in [0, 0.05) is 32.0 Å². The summed E-state index contributed by atoms with van der Waals surface area (Å²) in [7, 11) is 0. The van der Waals surface area contributed by atoms with E-state index >= 15 is 0 Å². The number of hydrogen-bond donors (Lipinski definition) is 1. The first-order valence-electron chi connectivity index (χ1n) is 8.94. The molecular weight excluding hydrogens is 306 g/mol. The van der Waals surface area contributed by atoms with Crippen LogP contribution < -0.4 is 0 Å². The van der Waals surface area contributed by atoms with Gasteiger partial charge in [-0.1, -0.05) is 30.3 Å². The fourth-order valence-corrected chi connectivity index (χ4v) is 4.76. The normalized spacial score (nSPS) is 32.6. The molecule has 3 aliphatic rings. The Morgan fingerprint density at radius 2 is 2.00 bits per heavy atom. The zero-order valence-corrected chi connectivity index (χ0v) is 13.9. The highest BCUT2D eigenvalue weighted by Crippen LogP contribution is 2.45. The third-order valence-electron chi connectivity index (χ3n) is 5.84. The van der Waals surface area contributed by atoms with Gasteiger partial charge >= 0.3 is 5.97 Å². The van der Waals surface area contributed by atoms with Gasteiger partial charge in [0.2, 0.25) is 0 Å². The van der Waals surface area contributed by atoms with E-state index in [9.17, 15) is 9.90 Å². The molecule has 0 amide bonds. The number of rotatable bonds is 3. The highest BCUT2D eigenvalue weighted by atomic mass is 16.7. The van der Waals surface area contributed by atoms with Crippen molar-refractivity contribution in [2.24, 2.45) is 11.8 Å². The van der Waals surface area contributed by atoms with Gasteiger partial charge < -0.3 is 14.6 Å². The first-order chi connectivity index (χ1) is 11.7. The molecule has 3 fully saturated rings. The molecular formula is C19H25NO4. The van der Waals surface area contributed by atoms with E-state index in [1.54, 1.807) is 0 Å². The summed E-state index contributed by atoms with van der Waals surface area (Å²) in [6.45, 7) is 2.78. The van der Waals surface area contributed by atoms with Gasteiger partial charge in [-0.2, -0.15) is 0 Å². The lowest BCUT2D eigenvalue weighted by atomic mass is 9.72. The van der Waals surface area contributed by atoms with E-state index in [0.29, 0.717) is 31.7 Å². The Kier molecular flexibility index (Phi) is 4.33. The Balaban J connectivity index is 1.53. The number of aliphatic carboxylic acids is 1. The summed E-state index contributed by atoms with van der Waals surface area (Å²) >= 11 is 0. The van der Waals surface area contributed by atoms with Crippen molar-refractivity contribution in [2.45, 2.75) is 44.1 Å². The first kappa shape index (κ1) is 16.1. The van der Waals surface area contributed by atoms with E-state index in [0.717, 1.165) is 32.2 Å². The summed E-state index contributed by atoms with van der Waals surface area (Å²) < 4.78 is 11.8. The summed E-state index contributed by atoms with van der Waals surface area (Å²) in [5, 5.41) is 9.58. The van der Waals surface area contributed by atoms with Crippen molar-refractivity contribution in [3.63, 3.8) is 0 Å². The third kappa shape index (κ3) is 3.08. The van der Waals surface area contributed by atoms with E-state index in [-0.39, 0.29) is 5.92 Å². The molecule has 5 nitrogen and oxygen atoms in total. The SMILES string of the molecule is O=C(O)[C@H]1C[C@@H]2CC3(CC[C@H]2N(Cc2ccccc2)C1)OCCO3. The van der Waals surface area contributed by atoms with Gasteiger partial charge in [-0.15, -0.1) is 0 Å². The molecule has 0 radical (unpaired) electrons. The number of piperidine rings is 1. The predicted molar refractivity (Wildman–Crippen MR) is 88.4 cm³/mol. The van der Waals surface area contributed by atoms with Crippen molar-refractivity contribution in [3.8, 4) is 0 Å². The average molecular weight is 331 g/mol. The maximum atomic E-state index is 11.7. The van der Waals surface area contributed by atoms with Crippen molar-refractivity contribution >= 4 is 5.97 Å². The topological polar surface area (TPSA) is 59.0 Å². The Morgan fingerprint density at radius 3 is 2.71 bits per heavy atom. The molecule has 0 unspecified atom stereocenters. The second-order valence-corrected chi connectivity index (χ2v) is 7.36. The van der Waals surface area contributed by atoms with Crippen LogP contribution >= 0.6 is 0 Å². The van der Waals surface area contributed by atoms with Crippen molar-refractivity contribution < 1.29 is 19.4 Å². The number of hydrogen-bond acceptors (Lipinski definition) is 4. The standard InChI is InChI=1S/C19H25NO4/c21-18(22)16-10-15-11-19(23-8-9-24-19)7-6-17(15)20(13-16)12-14-4-2-1-3-5-14/h1-5,15-17H,6-13H2,(H,21,22)/t15-,16+,17-/m1/s1. The van der Waals surface area contributed by atoms with E-state index < -0.39 is 11.8 Å². The monoisotopic (exact) mass is 331 g/mol. The summed E-state index contributed by atoms with van der Waals surface area (Å²) in [5.41, 5.74) is 1.25. The Bertz CT molecular complexity index is 584. The highest BCUT2D eigenvalue weighted by Gasteiger charge is 2.49. The lowest BCUT2D eigenvalue weighted by Gasteiger charge is -2.50. The van der Waals surface area contributed by atoms with Crippen LogP contribution in [0.2, 0.25) is 0 Å². The molecule has 1 saturated carbocycles. The molecule has 1 aliphatic carbocycles. The molecule has 2 saturated heterocycles. The molecule has 0 aromatic heterocycles. The van der Waals surface area contributed by atoms with E-state index in [1.807, 2.05) is 18.2 Å². The maximum Gasteiger partial charge on any atom is 0.307 e.